The lowest BCUT2D eigenvalue weighted by Crippen LogP contribution is -2.53. The number of likely N-dealkylation sites (tertiary alicyclic amines) is 1. The Kier molecular flexibility index (Phi) is 5.64. The number of ether oxygens (including phenoxy) is 1. The molecule has 1 amide bonds. The predicted octanol–water partition coefficient (Wildman–Crippen LogP) is 0.957. The zero-order valence-electron chi connectivity index (χ0n) is 20.6. The fraction of sp³-hybridized carbons (Fsp3) is 0.542. The molecule has 2 aromatic rings. The third-order valence-electron chi connectivity index (χ3n) is 7.05. The fourth-order valence-electron chi connectivity index (χ4n) is 5.16. The Bertz CT molecular complexity index is 1160. The quantitative estimate of drug-likeness (QED) is 0.651. The van der Waals surface area contributed by atoms with E-state index in [9.17, 15) is 4.79 Å². The van der Waals surface area contributed by atoms with Gasteiger partial charge in [-0.3, -0.25) is 4.79 Å². The van der Waals surface area contributed by atoms with E-state index in [1.807, 2.05) is 9.80 Å². The molecular formula is C24H33N9O2. The lowest BCUT2D eigenvalue weighted by atomic mass is 9.99. The number of nitrogen functional groups attached to an aromatic ring is 1. The summed E-state index contributed by atoms with van der Waals surface area (Å²) in [6, 6.07) is 0. The van der Waals surface area contributed by atoms with E-state index in [0.717, 1.165) is 47.7 Å². The molecule has 4 N–H and O–H groups in total. The molecule has 0 unspecified atom stereocenters. The van der Waals surface area contributed by atoms with Gasteiger partial charge in [-0.2, -0.15) is 4.98 Å². The van der Waals surface area contributed by atoms with Crippen molar-refractivity contribution in [2.75, 3.05) is 54.9 Å². The van der Waals surface area contributed by atoms with Gasteiger partial charge in [0, 0.05) is 55.4 Å². The van der Waals surface area contributed by atoms with Crippen molar-refractivity contribution in [3.8, 4) is 11.3 Å². The molecule has 3 aliphatic heterocycles. The highest BCUT2D eigenvalue weighted by Crippen LogP contribution is 2.42. The van der Waals surface area contributed by atoms with E-state index in [2.05, 4.69) is 28.4 Å². The van der Waals surface area contributed by atoms with Gasteiger partial charge in [0.25, 0.3) is 0 Å². The van der Waals surface area contributed by atoms with Crippen molar-refractivity contribution in [3.05, 3.63) is 30.2 Å². The number of carbonyl (C=O) groups excluding carboxylic acids is 1. The van der Waals surface area contributed by atoms with Gasteiger partial charge in [0.15, 0.2) is 0 Å². The Labute approximate surface area is 205 Å². The highest BCUT2D eigenvalue weighted by atomic mass is 16.5. The van der Waals surface area contributed by atoms with Crippen LogP contribution in [0.5, 0.6) is 0 Å². The molecule has 5 heterocycles. The van der Waals surface area contributed by atoms with Crippen molar-refractivity contribution in [1.29, 1.82) is 0 Å². The van der Waals surface area contributed by atoms with Gasteiger partial charge in [-0.25, -0.2) is 15.0 Å². The molecule has 1 atom stereocenters. The van der Waals surface area contributed by atoms with Crippen LogP contribution in [0, 0.1) is 0 Å². The summed E-state index contributed by atoms with van der Waals surface area (Å²) in [6.07, 6.45) is 5.02. The minimum Gasteiger partial charge on any atom is -0.373 e. The lowest BCUT2D eigenvalue weighted by molar-refractivity contribution is -0.134. The molecule has 2 saturated heterocycles. The van der Waals surface area contributed by atoms with E-state index in [4.69, 9.17) is 26.2 Å². The molecular weight excluding hydrogens is 446 g/mol. The molecule has 0 aliphatic carbocycles. The van der Waals surface area contributed by atoms with E-state index >= 15 is 0 Å². The normalized spacial score (nSPS) is 22.6. The zero-order valence-corrected chi connectivity index (χ0v) is 20.6. The van der Waals surface area contributed by atoms with Crippen molar-refractivity contribution < 1.29 is 9.53 Å². The van der Waals surface area contributed by atoms with Crippen LogP contribution in [0.4, 0.5) is 17.7 Å². The highest BCUT2D eigenvalue weighted by Gasteiger charge is 2.46. The molecule has 0 radical (unpaired) electrons. The summed E-state index contributed by atoms with van der Waals surface area (Å²) >= 11 is 0. The van der Waals surface area contributed by atoms with Gasteiger partial charge in [0.2, 0.25) is 17.8 Å². The molecule has 0 aromatic carbocycles. The third kappa shape index (κ3) is 4.19. The molecule has 35 heavy (non-hydrogen) atoms. The number of aromatic nitrogens is 4. The number of nitrogens with two attached hydrogens (primary N) is 2. The van der Waals surface area contributed by atoms with E-state index in [1.54, 1.807) is 26.2 Å². The first-order valence-electron chi connectivity index (χ1n) is 11.9. The third-order valence-corrected chi connectivity index (χ3v) is 7.05. The van der Waals surface area contributed by atoms with Gasteiger partial charge in [-0.1, -0.05) is 6.58 Å². The SMILES string of the molecule is C=C1COCCN1c1nc(-c2cnc(N)nc2)c2c(n1)N([C@@]1(C)CCN(C(=O)C(C)(C)N)C1)CC2. The van der Waals surface area contributed by atoms with Crippen LogP contribution in [0.1, 0.15) is 32.8 Å². The monoisotopic (exact) mass is 479 g/mol. The smallest absolute Gasteiger partial charge is 0.242 e. The summed E-state index contributed by atoms with van der Waals surface area (Å²) in [7, 11) is 0. The number of rotatable bonds is 4. The van der Waals surface area contributed by atoms with Gasteiger partial charge < -0.3 is 30.9 Å². The fourth-order valence-corrected chi connectivity index (χ4v) is 5.16. The second kappa shape index (κ2) is 8.42. The van der Waals surface area contributed by atoms with Crippen LogP contribution in [0.25, 0.3) is 11.3 Å². The second-order valence-electron chi connectivity index (χ2n) is 10.4. The molecule has 0 saturated carbocycles. The maximum absolute atomic E-state index is 12.9. The number of nitrogens with zero attached hydrogens (tertiary/aromatic N) is 7. The molecule has 11 heteroatoms. The number of fused-ring (bicyclic) bond motifs is 1. The van der Waals surface area contributed by atoms with E-state index in [0.29, 0.717) is 38.8 Å². The average Bonchev–Trinajstić information content (AvgIpc) is 3.43. The first kappa shape index (κ1) is 23.4. The van der Waals surface area contributed by atoms with E-state index in [-0.39, 0.29) is 17.4 Å². The molecule has 11 nitrogen and oxygen atoms in total. The Morgan fingerprint density at radius 1 is 1.20 bits per heavy atom. The molecule has 5 rings (SSSR count). The summed E-state index contributed by atoms with van der Waals surface area (Å²) in [5.41, 5.74) is 14.1. The van der Waals surface area contributed by atoms with Crippen molar-refractivity contribution in [2.24, 2.45) is 5.73 Å². The van der Waals surface area contributed by atoms with Crippen LogP contribution >= 0.6 is 0 Å². The van der Waals surface area contributed by atoms with E-state index in [1.165, 1.54) is 0 Å². The van der Waals surface area contributed by atoms with Crippen LogP contribution < -0.4 is 21.3 Å². The number of anilines is 3. The lowest BCUT2D eigenvalue weighted by Gasteiger charge is -2.38. The van der Waals surface area contributed by atoms with Gasteiger partial charge in [0.1, 0.15) is 5.82 Å². The van der Waals surface area contributed by atoms with Crippen LogP contribution in [-0.2, 0) is 16.0 Å². The summed E-state index contributed by atoms with van der Waals surface area (Å²) in [5.74, 6) is 1.64. The van der Waals surface area contributed by atoms with Crippen LogP contribution in [-0.4, -0.2) is 81.2 Å². The first-order valence-corrected chi connectivity index (χ1v) is 11.9. The van der Waals surface area contributed by atoms with Crippen LogP contribution in [0.3, 0.4) is 0 Å². The molecule has 3 aliphatic rings. The maximum Gasteiger partial charge on any atom is 0.242 e. The molecule has 0 spiro atoms. The Balaban J connectivity index is 1.56. The van der Waals surface area contributed by atoms with Crippen molar-refractivity contribution in [3.63, 3.8) is 0 Å². The summed E-state index contributed by atoms with van der Waals surface area (Å²) in [6.45, 7) is 13.5. The summed E-state index contributed by atoms with van der Waals surface area (Å²) < 4.78 is 5.55. The first-order chi connectivity index (χ1) is 16.6. The Morgan fingerprint density at radius 3 is 2.63 bits per heavy atom. The molecule has 186 valence electrons. The van der Waals surface area contributed by atoms with Crippen molar-refractivity contribution in [2.45, 2.75) is 44.7 Å². The Hall–Kier alpha value is -3.31. The van der Waals surface area contributed by atoms with E-state index < -0.39 is 5.54 Å². The molecule has 0 bridgehead atoms. The van der Waals surface area contributed by atoms with Gasteiger partial charge in [-0.15, -0.1) is 0 Å². The minimum absolute atomic E-state index is 0.0339. The minimum atomic E-state index is -0.900. The average molecular weight is 480 g/mol. The van der Waals surface area contributed by atoms with Gasteiger partial charge >= 0.3 is 0 Å². The van der Waals surface area contributed by atoms with Crippen LogP contribution in [0.2, 0.25) is 0 Å². The van der Waals surface area contributed by atoms with Gasteiger partial charge in [0.05, 0.1) is 30.0 Å². The zero-order chi connectivity index (χ0) is 25.0. The number of hydrogen-bond acceptors (Lipinski definition) is 10. The standard InChI is InChI=1S/C24H33N9O2/c1-15-13-35-10-9-32(15)22-29-18(16-11-27-21(25)28-12-16)17-5-7-33(19(17)30-22)24(4)6-8-31(14-24)20(34)23(2,3)26/h11-12H,1,5-10,13-14,26H2,2-4H3,(H2,25,27,28)/t24-/m0/s1. The number of amides is 1. The number of morpholine rings is 1. The predicted molar refractivity (Wildman–Crippen MR) is 134 cm³/mol. The van der Waals surface area contributed by atoms with Gasteiger partial charge in [-0.05, 0) is 33.6 Å². The number of carbonyl (C=O) groups is 1. The van der Waals surface area contributed by atoms with Crippen molar-refractivity contribution in [1.82, 2.24) is 24.8 Å². The summed E-state index contributed by atoms with van der Waals surface area (Å²) in [4.78, 5) is 37.5. The van der Waals surface area contributed by atoms with Crippen molar-refractivity contribution >= 4 is 23.6 Å². The molecule has 2 aromatic heterocycles. The maximum atomic E-state index is 12.9. The van der Waals surface area contributed by atoms with Crippen LogP contribution in [0.15, 0.2) is 24.7 Å². The highest BCUT2D eigenvalue weighted by molar-refractivity contribution is 5.85. The summed E-state index contributed by atoms with van der Waals surface area (Å²) in [5, 5.41) is 0. The number of hydrogen-bond donors (Lipinski definition) is 2. The topological polar surface area (TPSA) is 140 Å². The second-order valence-corrected chi connectivity index (χ2v) is 10.4. The molecule has 2 fully saturated rings. The largest absolute Gasteiger partial charge is 0.373 e. The Morgan fingerprint density at radius 2 is 1.94 bits per heavy atom.